The molecule has 1 aromatic carbocycles. The molecule has 0 aliphatic carbocycles. The highest BCUT2D eigenvalue weighted by Crippen LogP contribution is 2.33. The summed E-state index contributed by atoms with van der Waals surface area (Å²) < 4.78 is 16.6. The smallest absolute Gasteiger partial charge is 0.189 e. The lowest BCUT2D eigenvalue weighted by Crippen LogP contribution is -2.07. The molecular weight excluding hydrogens is 268 g/mol. The van der Waals surface area contributed by atoms with E-state index in [-0.39, 0.29) is 12.7 Å². The molecule has 0 saturated carbocycles. The van der Waals surface area contributed by atoms with Crippen molar-refractivity contribution in [2.45, 2.75) is 46.5 Å². The third-order valence-electron chi connectivity index (χ3n) is 3.15. The van der Waals surface area contributed by atoms with Crippen molar-refractivity contribution < 1.29 is 19.0 Å². The van der Waals surface area contributed by atoms with Gasteiger partial charge >= 0.3 is 0 Å². The van der Waals surface area contributed by atoms with Gasteiger partial charge in [-0.1, -0.05) is 27.2 Å². The number of carbonyl (C=O) groups excluding carboxylic acids is 1. The summed E-state index contributed by atoms with van der Waals surface area (Å²) >= 11 is 0. The van der Waals surface area contributed by atoms with Crippen LogP contribution in [0.5, 0.6) is 11.5 Å². The number of rotatable bonds is 10. The molecule has 0 radical (unpaired) electrons. The molecule has 21 heavy (non-hydrogen) atoms. The molecule has 0 saturated heterocycles. The van der Waals surface area contributed by atoms with E-state index >= 15 is 0 Å². The van der Waals surface area contributed by atoms with Gasteiger partial charge in [0.05, 0.1) is 12.2 Å². The number of ether oxygens (including phenoxy) is 3. The van der Waals surface area contributed by atoms with Crippen LogP contribution in [0.1, 0.15) is 62.4 Å². The molecular formula is C17H26O4. The maximum Gasteiger partial charge on any atom is 0.189 e. The Labute approximate surface area is 127 Å². The Hall–Kier alpha value is -1.55. The van der Waals surface area contributed by atoms with Crippen molar-refractivity contribution in [3.8, 4) is 11.5 Å². The van der Waals surface area contributed by atoms with Crippen molar-refractivity contribution in [2.75, 3.05) is 20.0 Å². The summed E-state index contributed by atoms with van der Waals surface area (Å²) in [6.07, 6.45) is 2.84. The van der Waals surface area contributed by atoms with Gasteiger partial charge in [-0.05, 0) is 30.9 Å². The van der Waals surface area contributed by atoms with E-state index in [2.05, 4.69) is 20.8 Å². The highest BCUT2D eigenvalue weighted by Gasteiger charge is 2.14. The van der Waals surface area contributed by atoms with Crippen molar-refractivity contribution in [1.29, 1.82) is 0 Å². The zero-order valence-corrected chi connectivity index (χ0v) is 13.5. The van der Waals surface area contributed by atoms with E-state index in [1.54, 1.807) is 6.07 Å². The van der Waals surface area contributed by atoms with Crippen molar-refractivity contribution in [3.63, 3.8) is 0 Å². The minimum absolute atomic E-state index is 0.199. The molecule has 0 bridgehead atoms. The summed E-state index contributed by atoms with van der Waals surface area (Å²) in [7, 11) is 0. The van der Waals surface area contributed by atoms with E-state index in [1.165, 1.54) is 0 Å². The van der Waals surface area contributed by atoms with Crippen LogP contribution in [0.4, 0.5) is 0 Å². The number of aldehydes is 1. The van der Waals surface area contributed by atoms with Gasteiger partial charge in [-0.15, -0.1) is 0 Å². The molecule has 118 valence electrons. The first-order valence-corrected chi connectivity index (χ1v) is 7.60. The van der Waals surface area contributed by atoms with Crippen molar-refractivity contribution in [2.24, 2.45) is 0 Å². The van der Waals surface area contributed by atoms with Gasteiger partial charge in [-0.3, -0.25) is 4.79 Å². The number of hydrogen-bond donors (Lipinski definition) is 0. The molecule has 4 heteroatoms. The molecule has 0 unspecified atom stereocenters. The van der Waals surface area contributed by atoms with Crippen LogP contribution in [0, 0.1) is 0 Å². The van der Waals surface area contributed by atoms with Crippen molar-refractivity contribution in [3.05, 3.63) is 23.3 Å². The molecule has 0 aliphatic rings. The zero-order valence-electron chi connectivity index (χ0n) is 13.5. The fraction of sp³-hybridized carbons (Fsp3) is 0.588. The third-order valence-corrected chi connectivity index (χ3v) is 3.15. The quantitative estimate of drug-likeness (QED) is 0.369. The lowest BCUT2D eigenvalue weighted by molar-refractivity contribution is 0.0216. The number of carbonyl (C=O) groups is 1. The van der Waals surface area contributed by atoms with E-state index in [4.69, 9.17) is 14.2 Å². The molecule has 0 aliphatic heterocycles. The fourth-order valence-corrected chi connectivity index (χ4v) is 1.90. The van der Waals surface area contributed by atoms with Crippen LogP contribution in [0.25, 0.3) is 0 Å². The number of benzene rings is 1. The van der Waals surface area contributed by atoms with Crippen LogP contribution in [0.15, 0.2) is 12.1 Å². The van der Waals surface area contributed by atoms with Crippen LogP contribution in [0.2, 0.25) is 0 Å². The second-order valence-corrected chi connectivity index (χ2v) is 5.16. The molecule has 0 N–H and O–H groups in total. The van der Waals surface area contributed by atoms with E-state index in [9.17, 15) is 4.79 Å². The molecule has 0 fully saturated rings. The maximum atomic E-state index is 11.3. The number of hydrogen-bond acceptors (Lipinski definition) is 4. The summed E-state index contributed by atoms with van der Waals surface area (Å²) in [4.78, 5) is 11.3. The minimum Gasteiger partial charge on any atom is -0.493 e. The van der Waals surface area contributed by atoms with E-state index in [0.717, 1.165) is 30.4 Å². The van der Waals surface area contributed by atoms with E-state index < -0.39 is 0 Å². The summed E-state index contributed by atoms with van der Waals surface area (Å²) in [5, 5.41) is 0. The van der Waals surface area contributed by atoms with Crippen LogP contribution < -0.4 is 9.47 Å². The van der Waals surface area contributed by atoms with Gasteiger partial charge in [0, 0.05) is 12.7 Å². The topological polar surface area (TPSA) is 44.8 Å². The van der Waals surface area contributed by atoms with Gasteiger partial charge in [-0.2, -0.15) is 0 Å². The van der Waals surface area contributed by atoms with Gasteiger partial charge in [0.25, 0.3) is 0 Å². The average molecular weight is 294 g/mol. The van der Waals surface area contributed by atoms with Crippen molar-refractivity contribution >= 4 is 6.29 Å². The molecule has 0 heterocycles. The monoisotopic (exact) mass is 294 g/mol. The molecule has 1 rings (SSSR count). The van der Waals surface area contributed by atoms with Crippen molar-refractivity contribution in [1.82, 2.24) is 0 Å². The first-order chi connectivity index (χ1) is 10.1. The second kappa shape index (κ2) is 9.40. The molecule has 4 nitrogen and oxygen atoms in total. The molecule has 1 aromatic rings. The molecule has 0 amide bonds. The third kappa shape index (κ3) is 5.38. The Balaban J connectivity index is 3.00. The largest absolute Gasteiger partial charge is 0.493 e. The summed E-state index contributed by atoms with van der Waals surface area (Å²) in [5.41, 5.74) is 1.55. The summed E-state index contributed by atoms with van der Waals surface area (Å²) in [5.74, 6) is 1.55. The Morgan fingerprint density at radius 1 is 1.14 bits per heavy atom. The first kappa shape index (κ1) is 17.5. The zero-order chi connectivity index (χ0) is 15.7. The van der Waals surface area contributed by atoms with E-state index in [1.807, 2.05) is 13.0 Å². The van der Waals surface area contributed by atoms with Gasteiger partial charge in [0.2, 0.25) is 0 Å². The Morgan fingerprint density at radius 2 is 1.90 bits per heavy atom. The normalized spacial score (nSPS) is 10.7. The lowest BCUT2D eigenvalue weighted by atomic mass is 9.99. The average Bonchev–Trinajstić information content (AvgIpc) is 2.47. The highest BCUT2D eigenvalue weighted by atomic mass is 16.7. The second-order valence-electron chi connectivity index (χ2n) is 5.16. The molecule has 0 atom stereocenters. The SMILES string of the molecule is CCCCOc1cc(OCOCC)c(C(C)C)cc1C=O. The van der Waals surface area contributed by atoms with Gasteiger partial charge in [0.15, 0.2) is 13.1 Å². The van der Waals surface area contributed by atoms with Crippen LogP contribution >= 0.6 is 0 Å². The first-order valence-electron chi connectivity index (χ1n) is 7.60. The Kier molecular flexibility index (Phi) is 7.83. The molecule has 0 spiro atoms. The predicted molar refractivity (Wildman–Crippen MR) is 83.4 cm³/mol. The van der Waals surface area contributed by atoms with Gasteiger partial charge < -0.3 is 14.2 Å². The van der Waals surface area contributed by atoms with Crippen LogP contribution in [-0.2, 0) is 4.74 Å². The number of unbranched alkanes of at least 4 members (excludes halogenated alkanes) is 1. The van der Waals surface area contributed by atoms with Gasteiger partial charge in [0.1, 0.15) is 11.5 Å². The van der Waals surface area contributed by atoms with E-state index in [0.29, 0.717) is 24.5 Å². The Bertz CT molecular complexity index is 441. The molecule has 0 aromatic heterocycles. The minimum atomic E-state index is 0.199. The Morgan fingerprint density at radius 3 is 2.48 bits per heavy atom. The summed E-state index contributed by atoms with van der Waals surface area (Å²) in [6.45, 7) is 9.55. The fourth-order valence-electron chi connectivity index (χ4n) is 1.90. The standard InChI is InChI=1S/C17H26O4/c1-5-7-8-20-16-10-17(21-12-19-6-2)15(13(3)4)9-14(16)11-18/h9-11,13H,5-8,12H2,1-4H3. The van der Waals surface area contributed by atoms with Gasteiger partial charge in [-0.25, -0.2) is 0 Å². The lowest BCUT2D eigenvalue weighted by Gasteiger charge is -2.17. The maximum absolute atomic E-state index is 11.3. The highest BCUT2D eigenvalue weighted by molar-refractivity contribution is 5.80. The summed E-state index contributed by atoms with van der Waals surface area (Å²) in [6, 6.07) is 3.65. The van der Waals surface area contributed by atoms with Crippen LogP contribution in [0.3, 0.4) is 0 Å². The predicted octanol–water partition coefficient (Wildman–Crippen LogP) is 4.17. The van der Waals surface area contributed by atoms with Crippen LogP contribution in [-0.4, -0.2) is 26.3 Å².